The Labute approximate surface area is 189 Å². The van der Waals surface area contributed by atoms with E-state index in [4.69, 9.17) is 11.6 Å². The van der Waals surface area contributed by atoms with Gasteiger partial charge in [-0.25, -0.2) is 10.4 Å². The molecule has 1 aliphatic rings. The van der Waals surface area contributed by atoms with Crippen LogP contribution in [0.5, 0.6) is 0 Å². The number of aromatic nitrogens is 1. The van der Waals surface area contributed by atoms with Crippen LogP contribution >= 0.6 is 22.9 Å². The molecule has 0 spiro atoms. The van der Waals surface area contributed by atoms with Gasteiger partial charge in [0.05, 0.1) is 18.3 Å². The van der Waals surface area contributed by atoms with Crippen LogP contribution in [0.1, 0.15) is 11.6 Å². The number of nitrogens with one attached hydrogen (secondary N) is 2. The van der Waals surface area contributed by atoms with Crippen LogP contribution < -0.4 is 15.6 Å². The van der Waals surface area contributed by atoms with Crippen LogP contribution in [0.2, 0.25) is 0 Å². The van der Waals surface area contributed by atoms with Crippen LogP contribution in [0.3, 0.4) is 0 Å². The molecule has 0 radical (unpaired) electrons. The number of halogens is 1. The van der Waals surface area contributed by atoms with Gasteiger partial charge in [-0.3, -0.25) is 14.6 Å². The highest BCUT2D eigenvalue weighted by Gasteiger charge is 2.47. The summed E-state index contributed by atoms with van der Waals surface area (Å²) in [6.07, 6.45) is 0. The first-order chi connectivity index (χ1) is 14.9. The molecule has 2 amide bonds. The number of thiazole rings is 1. The zero-order chi connectivity index (χ0) is 22.0. The van der Waals surface area contributed by atoms with E-state index in [0.717, 1.165) is 22.5 Å². The van der Waals surface area contributed by atoms with Crippen molar-refractivity contribution in [1.82, 2.24) is 15.4 Å². The molecule has 0 saturated carbocycles. The summed E-state index contributed by atoms with van der Waals surface area (Å²) in [6.45, 7) is -0.0676. The van der Waals surface area contributed by atoms with Gasteiger partial charge < -0.3 is 10.2 Å². The second kappa shape index (κ2) is 9.05. The summed E-state index contributed by atoms with van der Waals surface area (Å²) in [5.41, 5.74) is 6.65. The molecule has 31 heavy (non-hydrogen) atoms. The number of nitrogens with zero attached hydrogens (tertiary/aromatic N) is 3. The molecule has 2 N–H and O–H groups in total. The lowest BCUT2D eigenvalue weighted by molar-refractivity contribution is -0.151. The van der Waals surface area contributed by atoms with Crippen LogP contribution in [-0.2, 0) is 9.59 Å². The van der Waals surface area contributed by atoms with Gasteiger partial charge in [0.2, 0.25) is 5.91 Å². The Hall–Kier alpha value is -2.94. The minimum absolute atomic E-state index is 0.0676. The van der Waals surface area contributed by atoms with Crippen LogP contribution in [0.25, 0.3) is 11.3 Å². The molecule has 1 fully saturated rings. The Morgan fingerprint density at radius 2 is 1.87 bits per heavy atom. The number of carbonyl (C=O) groups excluding carboxylic acids is 2. The second-order valence-electron chi connectivity index (χ2n) is 7.33. The number of hydrogen-bond donors (Lipinski definition) is 2. The molecule has 2 aromatic carbocycles. The fourth-order valence-corrected chi connectivity index (χ4v) is 4.41. The molecule has 1 saturated heterocycles. The zero-order valence-electron chi connectivity index (χ0n) is 17.1. The van der Waals surface area contributed by atoms with Gasteiger partial charge in [0.25, 0.3) is 5.91 Å². The third kappa shape index (κ3) is 4.56. The normalized spacial score (nSPS) is 17.9. The van der Waals surface area contributed by atoms with E-state index in [-0.39, 0.29) is 24.4 Å². The minimum atomic E-state index is -0.659. The van der Waals surface area contributed by atoms with E-state index in [9.17, 15) is 9.59 Å². The van der Waals surface area contributed by atoms with Crippen LogP contribution in [0.4, 0.5) is 10.8 Å². The maximum Gasteiger partial charge on any atom is 0.257 e. The van der Waals surface area contributed by atoms with Gasteiger partial charge in [-0.05, 0) is 17.7 Å². The van der Waals surface area contributed by atoms with Crippen molar-refractivity contribution in [3.05, 3.63) is 65.5 Å². The summed E-state index contributed by atoms with van der Waals surface area (Å²) in [6, 6.07) is 17.2. The van der Waals surface area contributed by atoms with E-state index in [1.807, 2.05) is 79.0 Å². The Bertz CT molecular complexity index is 1070. The molecule has 2 atom stereocenters. The van der Waals surface area contributed by atoms with Crippen molar-refractivity contribution >= 4 is 45.6 Å². The molecule has 7 nitrogen and oxygen atoms in total. The molecule has 2 heterocycles. The third-order valence-corrected chi connectivity index (χ3v) is 6.19. The summed E-state index contributed by atoms with van der Waals surface area (Å²) in [7, 11) is 3.92. The monoisotopic (exact) mass is 455 g/mol. The van der Waals surface area contributed by atoms with Crippen molar-refractivity contribution in [3.8, 4) is 11.3 Å². The molecule has 0 aliphatic carbocycles. The Balaban J connectivity index is 1.35. The summed E-state index contributed by atoms with van der Waals surface area (Å²) in [4.78, 5) is 31.0. The van der Waals surface area contributed by atoms with Gasteiger partial charge in [-0.1, -0.05) is 42.5 Å². The van der Waals surface area contributed by atoms with Crippen LogP contribution in [0, 0.1) is 0 Å². The summed E-state index contributed by atoms with van der Waals surface area (Å²) >= 11 is 7.60. The van der Waals surface area contributed by atoms with Gasteiger partial charge in [-0.2, -0.15) is 0 Å². The van der Waals surface area contributed by atoms with Crippen LogP contribution in [0.15, 0.2) is 60.0 Å². The van der Waals surface area contributed by atoms with Crippen molar-refractivity contribution in [2.75, 3.05) is 30.9 Å². The third-order valence-electron chi connectivity index (χ3n) is 5.01. The predicted octanol–water partition coefficient (Wildman–Crippen LogP) is 3.51. The van der Waals surface area contributed by atoms with Crippen LogP contribution in [-0.4, -0.2) is 47.8 Å². The topological polar surface area (TPSA) is 77.6 Å². The minimum Gasteiger partial charge on any atom is -0.378 e. The standard InChI is InChI=1S/C22H22ClN5O2S/c1-27(2)16-10-8-15(9-11-16)20-19(23)21(30)28(20)24-12-18(29)26-22-25-17(13-31-22)14-6-4-3-5-7-14/h3-11,13,19-20,24H,12H2,1-2H3,(H,25,26,29). The fourth-order valence-electron chi connectivity index (χ4n) is 3.31. The number of rotatable bonds is 7. The Morgan fingerprint density at radius 1 is 1.16 bits per heavy atom. The quantitative estimate of drug-likeness (QED) is 0.421. The molecule has 1 aromatic heterocycles. The van der Waals surface area contributed by atoms with Crippen molar-refractivity contribution < 1.29 is 9.59 Å². The van der Waals surface area contributed by atoms with Gasteiger partial charge in [0.1, 0.15) is 5.38 Å². The molecular formula is C22H22ClN5O2S. The molecule has 2 unspecified atom stereocenters. The number of hydrogen-bond acceptors (Lipinski definition) is 6. The number of carbonyl (C=O) groups is 2. The largest absolute Gasteiger partial charge is 0.378 e. The molecule has 9 heteroatoms. The van der Waals surface area contributed by atoms with E-state index < -0.39 is 5.38 Å². The first kappa shape index (κ1) is 21.3. The lowest BCUT2D eigenvalue weighted by Crippen LogP contribution is -2.62. The molecule has 3 aromatic rings. The fraction of sp³-hybridized carbons (Fsp3) is 0.227. The highest BCUT2D eigenvalue weighted by molar-refractivity contribution is 7.14. The van der Waals surface area contributed by atoms with E-state index in [0.29, 0.717) is 5.13 Å². The molecular weight excluding hydrogens is 434 g/mol. The van der Waals surface area contributed by atoms with Gasteiger partial charge in [-0.15, -0.1) is 22.9 Å². The summed E-state index contributed by atoms with van der Waals surface area (Å²) in [5.74, 6) is -0.543. The smallest absolute Gasteiger partial charge is 0.257 e. The van der Waals surface area contributed by atoms with Gasteiger partial charge in [0.15, 0.2) is 5.13 Å². The maximum atomic E-state index is 12.4. The molecule has 1 aliphatic heterocycles. The number of anilines is 2. The highest BCUT2D eigenvalue weighted by Crippen LogP contribution is 2.37. The second-order valence-corrected chi connectivity index (χ2v) is 8.66. The maximum absolute atomic E-state index is 12.4. The number of amides is 2. The molecule has 160 valence electrons. The average molecular weight is 456 g/mol. The van der Waals surface area contributed by atoms with E-state index in [1.54, 1.807) is 0 Å². The highest BCUT2D eigenvalue weighted by atomic mass is 35.5. The van der Waals surface area contributed by atoms with E-state index >= 15 is 0 Å². The number of hydrazine groups is 1. The number of benzene rings is 2. The SMILES string of the molecule is CN(C)c1ccc(C2C(Cl)C(=O)N2NCC(=O)Nc2nc(-c3ccccc3)cs2)cc1. The zero-order valence-corrected chi connectivity index (χ0v) is 18.7. The Kier molecular flexibility index (Phi) is 6.22. The van der Waals surface area contributed by atoms with E-state index in [2.05, 4.69) is 15.7 Å². The van der Waals surface area contributed by atoms with Gasteiger partial charge >= 0.3 is 0 Å². The summed E-state index contributed by atoms with van der Waals surface area (Å²) in [5, 5.41) is 5.92. The first-order valence-corrected chi connectivity index (χ1v) is 11.0. The van der Waals surface area contributed by atoms with E-state index in [1.165, 1.54) is 16.3 Å². The van der Waals surface area contributed by atoms with Crippen molar-refractivity contribution in [2.45, 2.75) is 11.4 Å². The predicted molar refractivity (Wildman–Crippen MR) is 124 cm³/mol. The lowest BCUT2D eigenvalue weighted by atomic mass is 9.95. The van der Waals surface area contributed by atoms with Crippen molar-refractivity contribution in [3.63, 3.8) is 0 Å². The molecule has 4 rings (SSSR count). The average Bonchev–Trinajstić information content (AvgIpc) is 3.25. The van der Waals surface area contributed by atoms with Crippen molar-refractivity contribution in [1.29, 1.82) is 0 Å². The molecule has 0 bridgehead atoms. The van der Waals surface area contributed by atoms with Gasteiger partial charge in [0, 0.05) is 30.7 Å². The number of β-lactam (4-membered cyclic amide) rings is 1. The Morgan fingerprint density at radius 3 is 2.55 bits per heavy atom. The first-order valence-electron chi connectivity index (χ1n) is 9.73. The summed E-state index contributed by atoms with van der Waals surface area (Å²) < 4.78 is 0. The lowest BCUT2D eigenvalue weighted by Gasteiger charge is -2.44. The van der Waals surface area contributed by atoms with Crippen molar-refractivity contribution in [2.24, 2.45) is 0 Å². The number of alkyl halides is 1.